The van der Waals surface area contributed by atoms with Gasteiger partial charge in [-0.1, -0.05) is 18.2 Å². The van der Waals surface area contributed by atoms with Crippen molar-refractivity contribution in [2.75, 3.05) is 34.5 Å². The average Bonchev–Trinajstić information content (AvgIpc) is 2.71. The van der Waals surface area contributed by atoms with Crippen molar-refractivity contribution in [3.63, 3.8) is 0 Å². The number of para-hydroxylation sites is 1. The summed E-state index contributed by atoms with van der Waals surface area (Å²) < 4.78 is 20.6. The summed E-state index contributed by atoms with van der Waals surface area (Å²) in [5, 5.41) is 2.71. The van der Waals surface area contributed by atoms with Crippen molar-refractivity contribution in [2.24, 2.45) is 0 Å². The molecule has 0 aromatic heterocycles. The van der Waals surface area contributed by atoms with Crippen LogP contribution >= 0.6 is 0 Å². The molecular weight excluding hydrogens is 350 g/mol. The second kappa shape index (κ2) is 10.1. The summed E-state index contributed by atoms with van der Waals surface area (Å²) in [5.74, 6) is 0.692. The second-order valence-electron chi connectivity index (χ2n) is 5.56. The molecule has 144 valence electrons. The molecular formula is C20H23NO6. The third-order valence-electron chi connectivity index (χ3n) is 3.86. The van der Waals surface area contributed by atoms with Crippen LogP contribution in [-0.2, 0) is 16.0 Å². The zero-order chi connectivity index (χ0) is 19.6. The van der Waals surface area contributed by atoms with Crippen LogP contribution in [0.15, 0.2) is 42.5 Å². The summed E-state index contributed by atoms with van der Waals surface area (Å²) in [6, 6.07) is 12.2. The lowest BCUT2D eigenvalue weighted by molar-refractivity contribution is -0.124. The largest absolute Gasteiger partial charge is 0.496 e. The van der Waals surface area contributed by atoms with Gasteiger partial charge in [-0.15, -0.1) is 0 Å². The number of esters is 1. The molecule has 0 saturated carbocycles. The van der Waals surface area contributed by atoms with E-state index in [1.807, 2.05) is 24.3 Å². The van der Waals surface area contributed by atoms with Crippen LogP contribution in [0.5, 0.6) is 17.2 Å². The summed E-state index contributed by atoms with van der Waals surface area (Å²) >= 11 is 0. The number of methoxy groups -OCH3 is 3. The van der Waals surface area contributed by atoms with E-state index < -0.39 is 5.97 Å². The quantitative estimate of drug-likeness (QED) is 0.679. The molecule has 0 heterocycles. The lowest BCUT2D eigenvalue weighted by atomic mass is 10.1. The summed E-state index contributed by atoms with van der Waals surface area (Å²) in [6.45, 7) is 0.0478. The molecule has 0 aliphatic carbocycles. The summed E-state index contributed by atoms with van der Waals surface area (Å²) in [6.07, 6.45) is 0.610. The van der Waals surface area contributed by atoms with E-state index in [4.69, 9.17) is 18.9 Å². The summed E-state index contributed by atoms with van der Waals surface area (Å²) in [7, 11) is 4.58. The Hall–Kier alpha value is -3.22. The predicted octanol–water partition coefficient (Wildman–Crippen LogP) is 2.23. The van der Waals surface area contributed by atoms with Crippen LogP contribution in [0.1, 0.15) is 15.9 Å². The molecule has 0 spiro atoms. The fourth-order valence-corrected chi connectivity index (χ4v) is 2.47. The Bertz CT molecular complexity index is 790. The third kappa shape index (κ3) is 5.64. The standard InChI is InChI=1S/C20H23NO6/c1-24-16-7-5-4-6-14(16)10-11-21-19(22)13-27-20(23)15-8-9-17(25-2)18(12-15)26-3/h4-9,12H,10-11,13H2,1-3H3,(H,21,22). The molecule has 0 saturated heterocycles. The molecule has 0 fully saturated rings. The average molecular weight is 373 g/mol. The molecule has 0 bridgehead atoms. The highest BCUT2D eigenvalue weighted by molar-refractivity contribution is 5.92. The number of ether oxygens (including phenoxy) is 4. The number of hydrogen-bond acceptors (Lipinski definition) is 6. The molecule has 2 aromatic carbocycles. The van der Waals surface area contributed by atoms with Gasteiger partial charge in [-0.25, -0.2) is 4.79 Å². The maximum atomic E-state index is 12.1. The number of benzene rings is 2. The molecule has 0 radical (unpaired) electrons. The molecule has 0 aliphatic heterocycles. The van der Waals surface area contributed by atoms with E-state index in [1.54, 1.807) is 19.2 Å². The molecule has 27 heavy (non-hydrogen) atoms. The zero-order valence-corrected chi connectivity index (χ0v) is 15.6. The second-order valence-corrected chi connectivity index (χ2v) is 5.56. The van der Waals surface area contributed by atoms with Gasteiger partial charge in [0.05, 0.1) is 26.9 Å². The number of carbonyl (C=O) groups is 2. The van der Waals surface area contributed by atoms with E-state index in [0.29, 0.717) is 24.5 Å². The van der Waals surface area contributed by atoms with Crippen molar-refractivity contribution in [3.05, 3.63) is 53.6 Å². The Kier molecular flexibility index (Phi) is 7.49. The molecule has 2 aromatic rings. The molecule has 0 atom stereocenters. The molecule has 7 heteroatoms. The third-order valence-corrected chi connectivity index (χ3v) is 3.86. The SMILES string of the molecule is COc1ccccc1CCNC(=O)COC(=O)c1ccc(OC)c(OC)c1. The monoisotopic (exact) mass is 373 g/mol. The normalized spacial score (nSPS) is 10.0. The van der Waals surface area contributed by atoms with Crippen molar-refractivity contribution in [2.45, 2.75) is 6.42 Å². The van der Waals surface area contributed by atoms with Gasteiger partial charge in [-0.2, -0.15) is 0 Å². The first-order valence-corrected chi connectivity index (χ1v) is 8.36. The first-order valence-electron chi connectivity index (χ1n) is 8.36. The lowest BCUT2D eigenvalue weighted by Crippen LogP contribution is -2.30. The maximum absolute atomic E-state index is 12.1. The minimum Gasteiger partial charge on any atom is -0.496 e. The number of amides is 1. The number of nitrogens with one attached hydrogen (secondary N) is 1. The maximum Gasteiger partial charge on any atom is 0.338 e. The van der Waals surface area contributed by atoms with Gasteiger partial charge in [-0.3, -0.25) is 4.79 Å². The molecule has 0 unspecified atom stereocenters. The molecule has 2 rings (SSSR count). The predicted molar refractivity (Wildman–Crippen MR) is 99.5 cm³/mol. The van der Waals surface area contributed by atoms with Crippen molar-refractivity contribution < 1.29 is 28.5 Å². The van der Waals surface area contributed by atoms with Crippen molar-refractivity contribution in [3.8, 4) is 17.2 Å². The Morgan fingerprint density at radius 3 is 2.30 bits per heavy atom. The summed E-state index contributed by atoms with van der Waals surface area (Å²) in [4.78, 5) is 24.0. The minimum atomic E-state index is -0.615. The fraction of sp³-hybridized carbons (Fsp3) is 0.300. The van der Waals surface area contributed by atoms with Crippen molar-refractivity contribution >= 4 is 11.9 Å². The van der Waals surface area contributed by atoms with E-state index in [2.05, 4.69) is 5.32 Å². The van der Waals surface area contributed by atoms with Gasteiger partial charge in [0.1, 0.15) is 5.75 Å². The molecule has 1 N–H and O–H groups in total. The Balaban J connectivity index is 1.80. The van der Waals surface area contributed by atoms with Crippen molar-refractivity contribution in [1.82, 2.24) is 5.32 Å². The van der Waals surface area contributed by atoms with Gasteiger partial charge in [0.2, 0.25) is 0 Å². The van der Waals surface area contributed by atoms with Gasteiger partial charge in [0.15, 0.2) is 18.1 Å². The molecule has 1 amide bonds. The smallest absolute Gasteiger partial charge is 0.338 e. The van der Waals surface area contributed by atoms with Crippen LogP contribution in [0.4, 0.5) is 0 Å². The van der Waals surface area contributed by atoms with E-state index in [9.17, 15) is 9.59 Å². The van der Waals surface area contributed by atoms with Crippen LogP contribution in [0.3, 0.4) is 0 Å². The number of hydrogen-bond donors (Lipinski definition) is 1. The lowest BCUT2D eigenvalue weighted by Gasteiger charge is -2.10. The van der Waals surface area contributed by atoms with Crippen LogP contribution in [-0.4, -0.2) is 46.4 Å². The van der Waals surface area contributed by atoms with Crippen LogP contribution in [0.2, 0.25) is 0 Å². The van der Waals surface area contributed by atoms with Crippen LogP contribution in [0, 0.1) is 0 Å². The Labute approximate surface area is 158 Å². The van der Waals surface area contributed by atoms with Crippen LogP contribution in [0.25, 0.3) is 0 Å². The van der Waals surface area contributed by atoms with Gasteiger partial charge in [-0.05, 0) is 36.2 Å². The van der Waals surface area contributed by atoms with Gasteiger partial charge in [0.25, 0.3) is 5.91 Å². The highest BCUT2D eigenvalue weighted by Gasteiger charge is 2.13. The van der Waals surface area contributed by atoms with E-state index in [1.165, 1.54) is 20.3 Å². The Morgan fingerprint density at radius 1 is 0.889 bits per heavy atom. The summed E-state index contributed by atoms with van der Waals surface area (Å²) in [5.41, 5.74) is 1.26. The zero-order valence-electron chi connectivity index (χ0n) is 15.6. The molecule has 7 nitrogen and oxygen atoms in total. The number of carbonyl (C=O) groups excluding carboxylic acids is 2. The van der Waals surface area contributed by atoms with Crippen molar-refractivity contribution in [1.29, 1.82) is 0 Å². The van der Waals surface area contributed by atoms with E-state index >= 15 is 0 Å². The van der Waals surface area contributed by atoms with E-state index in [-0.39, 0.29) is 18.1 Å². The first kappa shape index (κ1) is 20.1. The van der Waals surface area contributed by atoms with Gasteiger partial charge in [0, 0.05) is 6.54 Å². The highest BCUT2D eigenvalue weighted by atomic mass is 16.5. The van der Waals surface area contributed by atoms with E-state index in [0.717, 1.165) is 11.3 Å². The molecule has 0 aliphatic rings. The first-order chi connectivity index (χ1) is 13.1. The number of rotatable bonds is 9. The van der Waals surface area contributed by atoms with Gasteiger partial charge >= 0.3 is 5.97 Å². The highest BCUT2D eigenvalue weighted by Crippen LogP contribution is 2.27. The van der Waals surface area contributed by atoms with Gasteiger partial charge < -0.3 is 24.3 Å². The van der Waals surface area contributed by atoms with Crippen LogP contribution < -0.4 is 19.5 Å². The topological polar surface area (TPSA) is 83.1 Å². The minimum absolute atomic E-state index is 0.273. The Morgan fingerprint density at radius 2 is 1.59 bits per heavy atom. The fourth-order valence-electron chi connectivity index (χ4n) is 2.47.